The molecule has 0 bridgehead atoms. The van der Waals surface area contributed by atoms with Gasteiger partial charge in [0.15, 0.2) is 11.5 Å². The van der Waals surface area contributed by atoms with E-state index >= 15 is 0 Å². The first kappa shape index (κ1) is 18.1. The van der Waals surface area contributed by atoms with E-state index in [0.717, 1.165) is 31.6 Å². The topological polar surface area (TPSA) is 51.7 Å². The molecule has 2 aromatic carbocycles. The van der Waals surface area contributed by atoms with Crippen LogP contribution in [0.1, 0.15) is 18.0 Å². The molecule has 1 atom stereocenters. The van der Waals surface area contributed by atoms with E-state index in [4.69, 9.17) is 9.47 Å². The molecule has 0 saturated carbocycles. The number of nitrogens with zero attached hydrogens (tertiary/aromatic N) is 2. The highest BCUT2D eigenvalue weighted by Gasteiger charge is 2.21. The summed E-state index contributed by atoms with van der Waals surface area (Å²) in [6.45, 7) is 3.15. The van der Waals surface area contributed by atoms with Gasteiger partial charge in [0.25, 0.3) is 0 Å². The van der Waals surface area contributed by atoms with Crippen molar-refractivity contribution >= 4 is 39.2 Å². The first-order valence-corrected chi connectivity index (χ1v) is 10.6. The van der Waals surface area contributed by atoms with Crippen molar-refractivity contribution in [3.63, 3.8) is 0 Å². The van der Waals surface area contributed by atoms with Crippen molar-refractivity contribution in [2.45, 2.75) is 17.9 Å². The molecule has 0 radical (unpaired) electrons. The molecule has 27 heavy (non-hydrogen) atoms. The number of benzene rings is 2. The standard InChI is InChI=1S/C20H20N2O3S2/c1-13(20-21-15-5-3-4-6-18(15)27-20)22(2)19(23)12-26-14-7-8-16-17(11-14)25-10-9-24-16/h3-8,11,13H,9-10,12H2,1-2H3/t13-/m1/s1. The highest BCUT2D eigenvalue weighted by atomic mass is 32.2. The molecule has 0 spiro atoms. The minimum absolute atomic E-state index is 0.0595. The number of amides is 1. The first-order valence-electron chi connectivity index (χ1n) is 8.75. The van der Waals surface area contributed by atoms with Gasteiger partial charge in [-0.3, -0.25) is 4.79 Å². The average Bonchev–Trinajstić information content (AvgIpc) is 3.15. The second-order valence-electron chi connectivity index (χ2n) is 6.29. The molecule has 1 amide bonds. The minimum atomic E-state index is -0.0595. The number of fused-ring (bicyclic) bond motifs is 2. The Balaban J connectivity index is 1.40. The molecular formula is C20H20N2O3S2. The van der Waals surface area contributed by atoms with Crippen LogP contribution >= 0.6 is 23.1 Å². The predicted molar refractivity (Wildman–Crippen MR) is 109 cm³/mol. The molecule has 0 N–H and O–H groups in total. The zero-order valence-corrected chi connectivity index (χ0v) is 16.8. The van der Waals surface area contributed by atoms with E-state index < -0.39 is 0 Å². The molecule has 7 heteroatoms. The molecule has 5 nitrogen and oxygen atoms in total. The lowest BCUT2D eigenvalue weighted by atomic mass is 10.3. The maximum atomic E-state index is 12.7. The highest BCUT2D eigenvalue weighted by molar-refractivity contribution is 8.00. The molecule has 0 unspecified atom stereocenters. The third-order valence-corrected chi connectivity index (χ3v) is 6.70. The Kier molecular flexibility index (Phi) is 5.22. The van der Waals surface area contributed by atoms with Crippen molar-refractivity contribution < 1.29 is 14.3 Å². The fourth-order valence-corrected chi connectivity index (χ4v) is 4.72. The summed E-state index contributed by atoms with van der Waals surface area (Å²) in [5.41, 5.74) is 0.982. The Morgan fingerprint density at radius 2 is 2.00 bits per heavy atom. The van der Waals surface area contributed by atoms with E-state index in [1.807, 2.05) is 50.4 Å². The van der Waals surface area contributed by atoms with Gasteiger partial charge in [-0.05, 0) is 37.3 Å². The maximum Gasteiger partial charge on any atom is 0.233 e. The number of para-hydroxylation sites is 1. The summed E-state index contributed by atoms with van der Waals surface area (Å²) in [6.07, 6.45) is 0. The lowest BCUT2D eigenvalue weighted by Crippen LogP contribution is -2.31. The van der Waals surface area contributed by atoms with E-state index in [9.17, 15) is 4.79 Å². The van der Waals surface area contributed by atoms with Crippen LogP contribution in [-0.4, -0.2) is 41.8 Å². The molecule has 0 saturated heterocycles. The van der Waals surface area contributed by atoms with E-state index in [2.05, 4.69) is 11.1 Å². The van der Waals surface area contributed by atoms with Gasteiger partial charge in [0, 0.05) is 11.9 Å². The van der Waals surface area contributed by atoms with Gasteiger partial charge in [0.1, 0.15) is 18.2 Å². The van der Waals surface area contributed by atoms with Crippen molar-refractivity contribution in [2.75, 3.05) is 26.0 Å². The molecule has 3 aromatic rings. The van der Waals surface area contributed by atoms with Gasteiger partial charge < -0.3 is 14.4 Å². The number of hydrogen-bond acceptors (Lipinski definition) is 6. The number of rotatable bonds is 5. The van der Waals surface area contributed by atoms with Crippen LogP contribution in [0.5, 0.6) is 11.5 Å². The predicted octanol–water partition coefficient (Wildman–Crippen LogP) is 4.38. The summed E-state index contributed by atoms with van der Waals surface area (Å²) in [5.74, 6) is 1.95. The number of thioether (sulfide) groups is 1. The fourth-order valence-electron chi connectivity index (χ4n) is 2.81. The third kappa shape index (κ3) is 3.89. The molecule has 1 aliphatic heterocycles. The zero-order chi connectivity index (χ0) is 18.8. The Morgan fingerprint density at radius 1 is 1.22 bits per heavy atom. The number of carbonyl (C=O) groups excluding carboxylic acids is 1. The number of carbonyl (C=O) groups is 1. The van der Waals surface area contributed by atoms with Crippen molar-refractivity contribution in [1.82, 2.24) is 9.88 Å². The summed E-state index contributed by atoms with van der Waals surface area (Å²) in [6, 6.07) is 13.8. The second kappa shape index (κ2) is 7.78. The number of hydrogen-bond donors (Lipinski definition) is 0. The molecule has 140 valence electrons. The van der Waals surface area contributed by atoms with E-state index in [1.165, 1.54) is 11.8 Å². The second-order valence-corrected chi connectivity index (χ2v) is 8.41. The van der Waals surface area contributed by atoms with Gasteiger partial charge in [-0.25, -0.2) is 4.98 Å². The van der Waals surface area contributed by atoms with Gasteiger partial charge in [-0.2, -0.15) is 0 Å². The number of aromatic nitrogens is 1. The highest BCUT2D eigenvalue weighted by Crippen LogP contribution is 2.34. The first-order chi connectivity index (χ1) is 13.1. The Labute approximate surface area is 166 Å². The minimum Gasteiger partial charge on any atom is -0.486 e. The molecule has 2 heterocycles. The lowest BCUT2D eigenvalue weighted by Gasteiger charge is -2.23. The van der Waals surface area contributed by atoms with Crippen molar-refractivity contribution in [1.29, 1.82) is 0 Å². The summed E-state index contributed by atoms with van der Waals surface area (Å²) in [7, 11) is 1.84. The van der Waals surface area contributed by atoms with Crippen LogP contribution < -0.4 is 9.47 Å². The van der Waals surface area contributed by atoms with Gasteiger partial charge >= 0.3 is 0 Å². The fraction of sp³-hybridized carbons (Fsp3) is 0.300. The van der Waals surface area contributed by atoms with Crippen molar-refractivity contribution in [3.8, 4) is 11.5 Å². The number of ether oxygens (including phenoxy) is 2. The molecule has 1 aliphatic rings. The molecule has 0 aliphatic carbocycles. The third-order valence-electron chi connectivity index (χ3n) is 4.52. The van der Waals surface area contributed by atoms with Crippen LogP contribution in [0.4, 0.5) is 0 Å². The van der Waals surface area contributed by atoms with Crippen LogP contribution in [0, 0.1) is 0 Å². The smallest absolute Gasteiger partial charge is 0.233 e. The Hall–Kier alpha value is -2.25. The average molecular weight is 401 g/mol. The normalized spacial score (nSPS) is 14.1. The van der Waals surface area contributed by atoms with Crippen LogP contribution in [0.3, 0.4) is 0 Å². The quantitative estimate of drug-likeness (QED) is 0.595. The van der Waals surface area contributed by atoms with Crippen LogP contribution in [0.25, 0.3) is 10.2 Å². The largest absolute Gasteiger partial charge is 0.486 e. The maximum absolute atomic E-state index is 12.7. The summed E-state index contributed by atoms with van der Waals surface area (Å²) >= 11 is 3.14. The molecule has 1 aromatic heterocycles. The van der Waals surface area contributed by atoms with Gasteiger partial charge in [0.2, 0.25) is 5.91 Å². The van der Waals surface area contributed by atoms with E-state index in [-0.39, 0.29) is 11.9 Å². The van der Waals surface area contributed by atoms with E-state index in [0.29, 0.717) is 19.0 Å². The van der Waals surface area contributed by atoms with Crippen LogP contribution in [0.15, 0.2) is 47.4 Å². The Morgan fingerprint density at radius 3 is 2.81 bits per heavy atom. The van der Waals surface area contributed by atoms with E-state index in [1.54, 1.807) is 16.2 Å². The van der Waals surface area contributed by atoms with Crippen LogP contribution in [-0.2, 0) is 4.79 Å². The SMILES string of the molecule is C[C@H](c1nc2ccccc2s1)N(C)C(=O)CSc1ccc2c(c1)OCCO2. The van der Waals surface area contributed by atoms with Gasteiger partial charge in [0.05, 0.1) is 22.0 Å². The summed E-state index contributed by atoms with van der Waals surface area (Å²) in [5, 5.41) is 0.955. The van der Waals surface area contributed by atoms with Gasteiger partial charge in [-0.15, -0.1) is 23.1 Å². The molecule has 0 fully saturated rings. The summed E-state index contributed by atoms with van der Waals surface area (Å²) in [4.78, 5) is 20.1. The Bertz CT molecular complexity index is 940. The van der Waals surface area contributed by atoms with Crippen LogP contribution in [0.2, 0.25) is 0 Å². The lowest BCUT2D eigenvalue weighted by molar-refractivity contribution is -0.128. The molecular weight excluding hydrogens is 380 g/mol. The van der Waals surface area contributed by atoms with Crippen molar-refractivity contribution in [2.24, 2.45) is 0 Å². The molecule has 4 rings (SSSR count). The summed E-state index contributed by atoms with van der Waals surface area (Å²) < 4.78 is 12.3. The zero-order valence-electron chi connectivity index (χ0n) is 15.2. The van der Waals surface area contributed by atoms with Crippen molar-refractivity contribution in [3.05, 3.63) is 47.5 Å². The van der Waals surface area contributed by atoms with Gasteiger partial charge in [-0.1, -0.05) is 12.1 Å². The number of thiazole rings is 1. The monoisotopic (exact) mass is 400 g/mol.